The first-order valence-electron chi connectivity index (χ1n) is 8.32. The van der Waals surface area contributed by atoms with Crippen LogP contribution in [0.25, 0.3) is 10.9 Å². The van der Waals surface area contributed by atoms with E-state index in [0.717, 1.165) is 5.39 Å². The molecule has 0 bridgehead atoms. The van der Waals surface area contributed by atoms with Crippen molar-refractivity contribution < 1.29 is 13.4 Å². The van der Waals surface area contributed by atoms with Gasteiger partial charge in [-0.2, -0.15) is 0 Å². The van der Waals surface area contributed by atoms with Crippen molar-refractivity contribution in [2.75, 3.05) is 0 Å². The van der Waals surface area contributed by atoms with E-state index in [1.54, 1.807) is 30.5 Å². The number of fused-ring (bicyclic) bond motifs is 1. The molecule has 3 aromatic carbocycles. The van der Waals surface area contributed by atoms with E-state index in [9.17, 15) is 8.78 Å². The Kier molecular flexibility index (Phi) is 4.78. The molecule has 0 aliphatic rings. The summed E-state index contributed by atoms with van der Waals surface area (Å²) in [6.07, 6.45) is 1.67. The van der Waals surface area contributed by atoms with Crippen molar-refractivity contribution >= 4 is 40.3 Å². The second-order valence-corrected chi connectivity index (χ2v) is 6.46. The molecule has 0 amide bonds. The summed E-state index contributed by atoms with van der Waals surface area (Å²) in [5.74, 6) is -0.431. The minimum Gasteiger partial charge on any atom is -0.550 e. The molecule has 27 heavy (non-hydrogen) atoms. The zero-order valence-electron chi connectivity index (χ0n) is 14.1. The van der Waals surface area contributed by atoms with Gasteiger partial charge in [-0.15, -0.1) is 0 Å². The molecule has 0 fully saturated rings. The first-order chi connectivity index (χ1) is 13.1. The Balaban J connectivity index is 1.83. The zero-order chi connectivity index (χ0) is 18.8. The van der Waals surface area contributed by atoms with Crippen molar-refractivity contribution in [2.45, 2.75) is 0 Å². The topological polar surface area (TPSA) is 22.1 Å². The predicted molar refractivity (Wildman–Crippen MR) is 105 cm³/mol. The lowest BCUT2D eigenvalue weighted by Gasteiger charge is -2.18. The van der Waals surface area contributed by atoms with Crippen molar-refractivity contribution in [1.29, 1.82) is 0 Å². The number of hydrogen-bond acceptors (Lipinski definition) is 2. The third-order valence-electron chi connectivity index (χ3n) is 4.24. The van der Waals surface area contributed by atoms with Crippen LogP contribution >= 0.6 is 11.6 Å². The lowest BCUT2D eigenvalue weighted by molar-refractivity contribution is 0.593. The van der Waals surface area contributed by atoms with E-state index in [-0.39, 0.29) is 5.02 Å². The fraction of sp³-hybridized carbons (Fsp3) is 0. The quantitative estimate of drug-likeness (QED) is 0.492. The number of benzene rings is 3. The summed E-state index contributed by atoms with van der Waals surface area (Å²) < 4.78 is 34.1. The number of rotatable bonds is 4. The van der Waals surface area contributed by atoms with Gasteiger partial charge in [-0.3, -0.25) is 4.98 Å². The lowest BCUT2D eigenvalue weighted by Crippen LogP contribution is -2.48. The van der Waals surface area contributed by atoms with Gasteiger partial charge in [0.2, 0.25) is 0 Å². The van der Waals surface area contributed by atoms with E-state index in [2.05, 4.69) is 4.98 Å². The highest BCUT2D eigenvalue weighted by Crippen LogP contribution is 2.23. The molecule has 4 aromatic rings. The second kappa shape index (κ2) is 7.37. The Hall–Kier alpha value is -2.92. The summed E-state index contributed by atoms with van der Waals surface area (Å²) >= 11 is 5.81. The van der Waals surface area contributed by atoms with Gasteiger partial charge in [0, 0.05) is 11.6 Å². The number of pyridine rings is 1. The first kappa shape index (κ1) is 17.5. The molecule has 0 atom stereocenters. The van der Waals surface area contributed by atoms with E-state index in [1.165, 1.54) is 24.3 Å². The first-order valence-corrected chi connectivity index (χ1v) is 8.70. The highest BCUT2D eigenvalue weighted by Gasteiger charge is 2.26. The van der Waals surface area contributed by atoms with Gasteiger partial charge in [-0.1, -0.05) is 48.0 Å². The largest absolute Gasteiger partial charge is 0.550 e. The predicted octanol–water partition coefficient (Wildman–Crippen LogP) is 4.35. The van der Waals surface area contributed by atoms with Gasteiger partial charge in [-0.05, 0) is 47.3 Å². The summed E-state index contributed by atoms with van der Waals surface area (Å²) in [5, 5.41) is 0.929. The fourth-order valence-corrected chi connectivity index (χ4v) is 3.09. The number of nitrogens with zero attached hydrogens (tertiary/aromatic N) is 1. The smallest absolute Gasteiger partial charge is 0.426 e. The van der Waals surface area contributed by atoms with Crippen LogP contribution in [0.5, 0.6) is 5.75 Å². The summed E-state index contributed by atoms with van der Waals surface area (Å²) in [4.78, 5) is 4.38. The molecule has 2 nitrogen and oxygen atoms in total. The van der Waals surface area contributed by atoms with Crippen LogP contribution in [-0.4, -0.2) is 11.9 Å². The molecule has 1 heterocycles. The van der Waals surface area contributed by atoms with Crippen LogP contribution in [0, 0.1) is 11.6 Å². The van der Waals surface area contributed by atoms with Crippen LogP contribution in [0.1, 0.15) is 0 Å². The molecule has 0 spiro atoms. The number of aromatic nitrogens is 1. The van der Waals surface area contributed by atoms with Gasteiger partial charge in [-0.25, -0.2) is 8.78 Å². The average Bonchev–Trinajstić information content (AvgIpc) is 2.68. The molecular formula is C21H13BClF2NO. The Morgan fingerprint density at radius 3 is 2.44 bits per heavy atom. The Labute approximate surface area is 160 Å². The molecule has 0 saturated carbocycles. The molecule has 6 heteroatoms. The molecule has 4 rings (SSSR count). The summed E-state index contributed by atoms with van der Waals surface area (Å²) in [6, 6.07) is 19.8. The van der Waals surface area contributed by atoms with E-state index >= 15 is 0 Å². The molecular weight excluding hydrogens is 366 g/mol. The third-order valence-corrected chi connectivity index (χ3v) is 4.54. The van der Waals surface area contributed by atoms with E-state index in [1.807, 2.05) is 24.3 Å². The summed E-state index contributed by atoms with van der Waals surface area (Å²) in [5.41, 5.74) is 1.76. The zero-order valence-corrected chi connectivity index (χ0v) is 14.8. The van der Waals surface area contributed by atoms with Gasteiger partial charge in [0.25, 0.3) is 0 Å². The van der Waals surface area contributed by atoms with Crippen molar-refractivity contribution in [2.24, 2.45) is 0 Å². The Morgan fingerprint density at radius 1 is 0.852 bits per heavy atom. The van der Waals surface area contributed by atoms with Gasteiger partial charge in [0.05, 0.1) is 5.02 Å². The van der Waals surface area contributed by atoms with Crippen molar-refractivity contribution in [3.63, 3.8) is 0 Å². The lowest BCUT2D eigenvalue weighted by atomic mass is 9.55. The minimum atomic E-state index is -0.722. The Morgan fingerprint density at radius 2 is 1.63 bits per heavy atom. The number of para-hydroxylation sites is 1. The van der Waals surface area contributed by atoms with Crippen molar-refractivity contribution in [3.8, 4) is 5.75 Å². The molecule has 0 radical (unpaired) electrons. The maximum atomic E-state index is 14.1. The maximum absolute atomic E-state index is 14.1. The Bertz CT molecular complexity index is 1120. The highest BCUT2D eigenvalue weighted by molar-refractivity contribution is 6.80. The highest BCUT2D eigenvalue weighted by atomic mass is 35.5. The van der Waals surface area contributed by atoms with Gasteiger partial charge < -0.3 is 4.65 Å². The summed E-state index contributed by atoms with van der Waals surface area (Å²) in [6.45, 7) is -0.722. The number of halogens is 3. The minimum absolute atomic E-state index is 0.0172. The van der Waals surface area contributed by atoms with Crippen LogP contribution in [0.15, 0.2) is 79.0 Å². The van der Waals surface area contributed by atoms with E-state index in [0.29, 0.717) is 22.2 Å². The molecule has 0 N–H and O–H groups in total. The van der Waals surface area contributed by atoms with Crippen molar-refractivity contribution in [3.05, 3.63) is 95.7 Å². The molecule has 0 aliphatic carbocycles. The molecule has 132 valence electrons. The van der Waals surface area contributed by atoms with Gasteiger partial charge in [0.15, 0.2) is 0 Å². The second-order valence-electron chi connectivity index (χ2n) is 6.06. The standard InChI is InChI=1S/C21H13BClF2NO/c23-18-10-9-16(13-19(18)25)22(15-6-2-7-17(24)12-15)27-20-8-1-4-14-5-3-11-26-21(14)20/h1-13H. The monoisotopic (exact) mass is 379 g/mol. The normalized spacial score (nSPS) is 10.8. The SMILES string of the molecule is Fc1cccc(B(Oc2cccc3cccnc23)c2ccc(Cl)c(F)c2)c1. The van der Waals surface area contributed by atoms with Crippen LogP contribution < -0.4 is 15.6 Å². The molecule has 0 aliphatic heterocycles. The van der Waals surface area contributed by atoms with Gasteiger partial charge in [0.1, 0.15) is 22.9 Å². The molecule has 0 unspecified atom stereocenters. The van der Waals surface area contributed by atoms with Crippen molar-refractivity contribution in [1.82, 2.24) is 4.98 Å². The fourth-order valence-electron chi connectivity index (χ4n) is 2.97. The average molecular weight is 380 g/mol. The number of hydrogen-bond donors (Lipinski definition) is 0. The van der Waals surface area contributed by atoms with Crippen LogP contribution in [-0.2, 0) is 0 Å². The van der Waals surface area contributed by atoms with E-state index < -0.39 is 18.6 Å². The van der Waals surface area contributed by atoms with Crippen LogP contribution in [0.4, 0.5) is 8.78 Å². The van der Waals surface area contributed by atoms with E-state index in [4.69, 9.17) is 16.3 Å². The molecule has 1 aromatic heterocycles. The van der Waals surface area contributed by atoms with Crippen LogP contribution in [0.3, 0.4) is 0 Å². The maximum Gasteiger partial charge on any atom is 0.426 e. The van der Waals surface area contributed by atoms with Crippen LogP contribution in [0.2, 0.25) is 5.02 Å². The summed E-state index contributed by atoms with van der Waals surface area (Å²) in [7, 11) is 0. The van der Waals surface area contributed by atoms with Gasteiger partial charge >= 0.3 is 6.92 Å². The third kappa shape index (κ3) is 3.64. The molecule has 0 saturated heterocycles.